The van der Waals surface area contributed by atoms with Crippen LogP contribution in [0.15, 0.2) is 48.7 Å². The van der Waals surface area contributed by atoms with E-state index in [1.807, 2.05) is 0 Å². The lowest BCUT2D eigenvalue weighted by Crippen LogP contribution is -2.60. The van der Waals surface area contributed by atoms with Crippen molar-refractivity contribution in [2.24, 2.45) is 0 Å². The summed E-state index contributed by atoms with van der Waals surface area (Å²) in [6.45, 7) is 4.62. The molecule has 3 rings (SSSR count). The average molecular weight is 369 g/mol. The molecule has 140 valence electrons. The molecule has 0 saturated heterocycles. The molecule has 1 aromatic heterocycles. The van der Waals surface area contributed by atoms with Crippen LogP contribution in [0.3, 0.4) is 0 Å². The summed E-state index contributed by atoms with van der Waals surface area (Å²) < 4.78 is 5.56. The number of nitrogens with one attached hydrogen (secondary N) is 1. The third-order valence-electron chi connectivity index (χ3n) is 4.39. The summed E-state index contributed by atoms with van der Waals surface area (Å²) in [6, 6.07) is 11.2. The van der Waals surface area contributed by atoms with E-state index in [1.54, 1.807) is 38.1 Å². The smallest absolute Gasteiger partial charge is 0.405 e. The molecule has 0 unspecified atom stereocenters. The molecule has 1 atom stereocenters. The Labute approximate surface area is 155 Å². The van der Waals surface area contributed by atoms with E-state index in [0.29, 0.717) is 16.1 Å². The van der Waals surface area contributed by atoms with Crippen molar-refractivity contribution in [2.75, 3.05) is 10.2 Å². The van der Waals surface area contributed by atoms with Crippen molar-refractivity contribution in [3.63, 3.8) is 0 Å². The zero-order valence-corrected chi connectivity index (χ0v) is 15.1. The number of hydrogen-bond donors (Lipinski definition) is 1. The second kappa shape index (κ2) is 6.71. The van der Waals surface area contributed by atoms with Gasteiger partial charge in [-0.25, -0.2) is 4.79 Å². The van der Waals surface area contributed by atoms with Crippen molar-refractivity contribution in [1.29, 1.82) is 0 Å². The predicted molar refractivity (Wildman–Crippen MR) is 96.9 cm³/mol. The zero-order chi connectivity index (χ0) is 19.8. The van der Waals surface area contributed by atoms with Crippen molar-refractivity contribution >= 4 is 29.2 Å². The van der Waals surface area contributed by atoms with E-state index in [1.165, 1.54) is 30.0 Å². The Morgan fingerprint density at radius 2 is 1.85 bits per heavy atom. The van der Waals surface area contributed by atoms with Crippen LogP contribution in [0.2, 0.25) is 0 Å². The molecule has 2 heterocycles. The van der Waals surface area contributed by atoms with Crippen LogP contribution in [0.25, 0.3) is 0 Å². The third-order valence-corrected chi connectivity index (χ3v) is 4.39. The van der Waals surface area contributed by atoms with Crippen molar-refractivity contribution in [3.8, 4) is 0 Å². The van der Waals surface area contributed by atoms with E-state index < -0.39 is 23.5 Å². The van der Waals surface area contributed by atoms with Crippen LogP contribution in [0.4, 0.5) is 11.4 Å². The number of esters is 1. The highest BCUT2D eigenvalue weighted by Crippen LogP contribution is 2.37. The number of anilines is 2. The molecule has 0 aliphatic carbocycles. The molecule has 8 nitrogen and oxygen atoms in total. The highest BCUT2D eigenvalue weighted by Gasteiger charge is 2.45. The van der Waals surface area contributed by atoms with Crippen LogP contribution in [-0.2, 0) is 14.3 Å². The van der Waals surface area contributed by atoms with Gasteiger partial charge >= 0.3 is 11.7 Å². The summed E-state index contributed by atoms with van der Waals surface area (Å²) in [6.07, 6.45) is -0.0341. The second-order valence-corrected chi connectivity index (χ2v) is 6.66. The standard InChI is InChI=1S/C19H19N3O5/c1-12(27-17(24)15-10-6-7-11-21(15)26)16(23)22-14-9-5-4-8-13(14)20-18(25)19(22,2)3/h4-12H,1-3H3,(H,20,25)/t12-/m0/s1. The van der Waals surface area contributed by atoms with Gasteiger partial charge in [0.2, 0.25) is 5.91 Å². The van der Waals surface area contributed by atoms with Crippen LogP contribution in [-0.4, -0.2) is 29.4 Å². The first kappa shape index (κ1) is 18.4. The lowest BCUT2D eigenvalue weighted by atomic mass is 9.95. The fourth-order valence-electron chi connectivity index (χ4n) is 2.89. The molecule has 2 amide bonds. The van der Waals surface area contributed by atoms with Crippen molar-refractivity contribution in [2.45, 2.75) is 32.4 Å². The van der Waals surface area contributed by atoms with Gasteiger partial charge in [0.15, 0.2) is 12.3 Å². The number of carbonyl (C=O) groups excluding carboxylic acids is 3. The number of rotatable bonds is 3. The number of para-hydroxylation sites is 2. The average Bonchev–Trinajstić information content (AvgIpc) is 2.62. The molecule has 0 bridgehead atoms. The molecule has 8 heteroatoms. The molecule has 1 N–H and O–H groups in total. The summed E-state index contributed by atoms with van der Waals surface area (Å²) in [4.78, 5) is 39.1. The molecule has 1 aliphatic rings. The Morgan fingerprint density at radius 3 is 2.56 bits per heavy atom. The zero-order valence-electron chi connectivity index (χ0n) is 15.1. The summed E-state index contributed by atoms with van der Waals surface area (Å²) in [5.74, 6) is -1.84. The molecule has 0 fully saturated rings. The van der Waals surface area contributed by atoms with Crippen molar-refractivity contribution in [3.05, 3.63) is 59.6 Å². The molecule has 1 aromatic carbocycles. The maximum absolute atomic E-state index is 13.1. The van der Waals surface area contributed by atoms with Crippen LogP contribution in [0.5, 0.6) is 0 Å². The van der Waals surface area contributed by atoms with Gasteiger partial charge in [0.05, 0.1) is 11.4 Å². The van der Waals surface area contributed by atoms with Gasteiger partial charge in [-0.1, -0.05) is 12.1 Å². The molecule has 2 aromatic rings. The van der Waals surface area contributed by atoms with E-state index in [2.05, 4.69) is 5.32 Å². The number of ether oxygens (including phenoxy) is 1. The van der Waals surface area contributed by atoms with Gasteiger partial charge in [0.1, 0.15) is 5.54 Å². The summed E-state index contributed by atoms with van der Waals surface area (Å²) >= 11 is 0. The predicted octanol–water partition coefficient (Wildman–Crippen LogP) is 1.63. The molecular weight excluding hydrogens is 350 g/mol. The maximum Gasteiger partial charge on any atom is 0.405 e. The van der Waals surface area contributed by atoms with Gasteiger partial charge in [-0.2, -0.15) is 4.73 Å². The van der Waals surface area contributed by atoms with Gasteiger partial charge < -0.3 is 15.3 Å². The Balaban J connectivity index is 1.89. The minimum Gasteiger partial charge on any atom is -0.618 e. The van der Waals surface area contributed by atoms with Crippen LogP contribution < -0.4 is 14.9 Å². The number of fused-ring (bicyclic) bond motifs is 1. The van der Waals surface area contributed by atoms with E-state index in [0.717, 1.165) is 6.20 Å². The second-order valence-electron chi connectivity index (χ2n) is 6.66. The van der Waals surface area contributed by atoms with Crippen molar-refractivity contribution in [1.82, 2.24) is 0 Å². The van der Waals surface area contributed by atoms with Gasteiger partial charge in [-0.3, -0.25) is 14.5 Å². The SMILES string of the molecule is C[C@H](OC(=O)c1cccc[n+]1[O-])C(=O)N1c2ccccc2NC(=O)C1(C)C. The highest BCUT2D eigenvalue weighted by atomic mass is 16.6. The number of amides is 2. The fourth-order valence-corrected chi connectivity index (χ4v) is 2.89. The summed E-state index contributed by atoms with van der Waals surface area (Å²) in [5, 5.41) is 14.5. The number of aromatic nitrogens is 1. The quantitative estimate of drug-likeness (QED) is 0.503. The van der Waals surface area contributed by atoms with E-state index in [-0.39, 0.29) is 11.6 Å². The fraction of sp³-hybridized carbons (Fsp3) is 0.263. The first-order valence-corrected chi connectivity index (χ1v) is 8.37. The monoisotopic (exact) mass is 369 g/mol. The van der Waals surface area contributed by atoms with E-state index in [4.69, 9.17) is 4.74 Å². The first-order valence-electron chi connectivity index (χ1n) is 8.37. The topological polar surface area (TPSA) is 103 Å². The van der Waals surface area contributed by atoms with E-state index >= 15 is 0 Å². The molecule has 0 spiro atoms. The van der Waals surface area contributed by atoms with Crippen LogP contribution in [0, 0.1) is 5.21 Å². The maximum atomic E-state index is 13.1. The lowest BCUT2D eigenvalue weighted by Gasteiger charge is -2.42. The lowest BCUT2D eigenvalue weighted by molar-refractivity contribution is -0.608. The third kappa shape index (κ3) is 3.21. The largest absolute Gasteiger partial charge is 0.618 e. The normalized spacial score (nSPS) is 16.1. The number of pyridine rings is 1. The van der Waals surface area contributed by atoms with Crippen LogP contribution >= 0.6 is 0 Å². The van der Waals surface area contributed by atoms with Gasteiger partial charge in [0, 0.05) is 12.1 Å². The van der Waals surface area contributed by atoms with Gasteiger partial charge in [-0.15, -0.1) is 0 Å². The molecule has 27 heavy (non-hydrogen) atoms. The molecule has 0 saturated carbocycles. The van der Waals surface area contributed by atoms with Crippen LogP contribution in [0.1, 0.15) is 31.3 Å². The van der Waals surface area contributed by atoms with Crippen molar-refractivity contribution < 1.29 is 23.9 Å². The van der Waals surface area contributed by atoms with Gasteiger partial charge in [0.25, 0.3) is 5.91 Å². The number of carbonyl (C=O) groups is 3. The number of benzene rings is 1. The summed E-state index contributed by atoms with van der Waals surface area (Å²) in [5.41, 5.74) is -0.409. The minimum atomic E-state index is -1.20. The Morgan fingerprint density at radius 1 is 1.19 bits per heavy atom. The number of nitrogens with zero attached hydrogens (tertiary/aromatic N) is 2. The first-order chi connectivity index (χ1) is 12.7. The summed E-state index contributed by atoms with van der Waals surface area (Å²) in [7, 11) is 0. The Hall–Kier alpha value is -3.42. The number of hydrogen-bond acceptors (Lipinski definition) is 5. The Bertz CT molecular complexity index is 925. The van der Waals surface area contributed by atoms with Gasteiger partial charge in [-0.05, 0) is 39.0 Å². The molecular formula is C19H19N3O5. The minimum absolute atomic E-state index is 0.229. The Kier molecular flexibility index (Phi) is 4.57. The molecule has 1 aliphatic heterocycles. The van der Waals surface area contributed by atoms with E-state index in [9.17, 15) is 19.6 Å². The highest BCUT2D eigenvalue weighted by molar-refractivity contribution is 6.15. The molecule has 0 radical (unpaired) electrons.